The normalized spacial score (nSPS) is 31.2. The second kappa shape index (κ2) is 12.5. The van der Waals surface area contributed by atoms with Gasteiger partial charge in [-0.25, -0.2) is 13.9 Å². The van der Waals surface area contributed by atoms with Crippen molar-refractivity contribution in [2.75, 3.05) is 6.54 Å². The predicted octanol–water partition coefficient (Wildman–Crippen LogP) is 3.91. The molecule has 45 heavy (non-hydrogen) atoms. The van der Waals surface area contributed by atoms with Crippen LogP contribution in [-0.2, 0) is 46.7 Å². The van der Waals surface area contributed by atoms with Gasteiger partial charge in [0.15, 0.2) is 5.78 Å². The van der Waals surface area contributed by atoms with Gasteiger partial charge < -0.3 is 9.64 Å². The van der Waals surface area contributed by atoms with Gasteiger partial charge in [-0.15, -0.1) is 0 Å². The molecule has 5 atom stereocenters. The SMILES string of the molecule is C[C@H]1CCCCC/C=C\[C@@H]2C[C@@]2(C(=O)NS(=O)(=O)OC2CC2)CC(=O)[C@@H]2C[C@@H](OC(=O)N3Cc4cccc(F)c4C3)CN2C1=O. The van der Waals surface area contributed by atoms with E-state index in [1.807, 2.05) is 23.8 Å². The number of fused-ring (bicyclic) bond motifs is 3. The van der Waals surface area contributed by atoms with Gasteiger partial charge in [-0.05, 0) is 56.1 Å². The summed E-state index contributed by atoms with van der Waals surface area (Å²) in [6, 6.07) is 3.75. The van der Waals surface area contributed by atoms with E-state index in [1.165, 1.54) is 15.9 Å². The molecule has 11 nitrogen and oxygen atoms in total. The van der Waals surface area contributed by atoms with Crippen LogP contribution in [0.15, 0.2) is 30.4 Å². The first-order valence-electron chi connectivity index (χ1n) is 15.9. The van der Waals surface area contributed by atoms with Crippen LogP contribution in [0.25, 0.3) is 0 Å². The number of hydrogen-bond acceptors (Lipinski definition) is 8. The number of Topliss-reactive ketones (excluding diaryl/α,β-unsaturated/α-hetero) is 1. The quantitative estimate of drug-likeness (QED) is 0.476. The van der Waals surface area contributed by atoms with E-state index in [1.54, 1.807) is 12.1 Å². The van der Waals surface area contributed by atoms with Crippen molar-refractivity contribution >= 4 is 34.0 Å². The molecule has 3 amide bonds. The molecule has 1 aromatic rings. The fourth-order valence-corrected chi connectivity index (χ4v) is 7.89. The van der Waals surface area contributed by atoms with Gasteiger partial charge in [0.1, 0.15) is 11.9 Å². The number of benzene rings is 1. The van der Waals surface area contributed by atoms with E-state index in [2.05, 4.69) is 0 Å². The summed E-state index contributed by atoms with van der Waals surface area (Å²) >= 11 is 0. The van der Waals surface area contributed by atoms with Gasteiger partial charge in [0.25, 0.3) is 0 Å². The summed E-state index contributed by atoms with van der Waals surface area (Å²) in [5, 5.41) is 0. The topological polar surface area (TPSA) is 139 Å². The second-order valence-electron chi connectivity index (χ2n) is 13.2. The molecular formula is C32H40FN3O8S. The molecule has 6 rings (SSSR count). The molecule has 2 aliphatic carbocycles. The Kier molecular flexibility index (Phi) is 8.77. The van der Waals surface area contributed by atoms with E-state index >= 15 is 0 Å². The number of nitrogens with one attached hydrogen (secondary N) is 1. The van der Waals surface area contributed by atoms with Crippen LogP contribution < -0.4 is 4.72 Å². The number of carbonyl (C=O) groups excluding carboxylic acids is 4. The molecule has 13 heteroatoms. The molecule has 3 aliphatic heterocycles. The molecule has 0 bridgehead atoms. The van der Waals surface area contributed by atoms with Crippen LogP contribution in [0.3, 0.4) is 0 Å². The zero-order chi connectivity index (χ0) is 31.9. The smallest absolute Gasteiger partial charge is 0.410 e. The molecule has 0 unspecified atom stereocenters. The first-order valence-corrected chi connectivity index (χ1v) is 17.3. The van der Waals surface area contributed by atoms with E-state index in [0.29, 0.717) is 36.8 Å². The van der Waals surface area contributed by atoms with Crippen molar-refractivity contribution in [2.24, 2.45) is 17.3 Å². The lowest BCUT2D eigenvalue weighted by atomic mass is 9.91. The van der Waals surface area contributed by atoms with Crippen molar-refractivity contribution in [1.29, 1.82) is 0 Å². The highest BCUT2D eigenvalue weighted by atomic mass is 32.2. The Balaban J connectivity index is 1.19. The minimum atomic E-state index is -4.33. The number of hydrogen-bond donors (Lipinski definition) is 1. The zero-order valence-corrected chi connectivity index (χ0v) is 26.2. The van der Waals surface area contributed by atoms with E-state index < -0.39 is 51.8 Å². The highest BCUT2D eigenvalue weighted by Gasteiger charge is 2.61. The van der Waals surface area contributed by atoms with Crippen molar-refractivity contribution in [3.63, 3.8) is 0 Å². The van der Waals surface area contributed by atoms with Gasteiger partial charge in [0.2, 0.25) is 11.8 Å². The largest absolute Gasteiger partial charge is 0.444 e. The van der Waals surface area contributed by atoms with Gasteiger partial charge in [0.05, 0.1) is 30.7 Å². The van der Waals surface area contributed by atoms with Gasteiger partial charge in [-0.3, -0.25) is 23.5 Å². The molecule has 0 aromatic heterocycles. The van der Waals surface area contributed by atoms with Crippen molar-refractivity contribution in [3.8, 4) is 0 Å². The summed E-state index contributed by atoms with van der Waals surface area (Å²) in [4.78, 5) is 57.1. The standard InChI is InChI=1S/C32H40FN3O8S/c1-20-8-5-3-2-4-6-10-22-15-32(22,30(39)34-45(41,42)44-23-12-13-23)16-28(37)27-14-24(18-36(27)29(20)38)43-31(40)35-17-21-9-7-11-26(33)25(21)19-35/h6-7,9-11,20,22-24,27H,2-5,8,12-19H2,1H3,(H,34,39)/b10-6-/t20-,22+,24+,27-,32+/m0/s1. The van der Waals surface area contributed by atoms with Gasteiger partial charge in [-0.2, -0.15) is 8.42 Å². The third kappa shape index (κ3) is 6.94. The van der Waals surface area contributed by atoms with Crippen molar-refractivity contribution in [3.05, 3.63) is 47.3 Å². The van der Waals surface area contributed by atoms with Crippen LogP contribution in [-0.4, -0.2) is 66.7 Å². The summed E-state index contributed by atoms with van der Waals surface area (Å²) in [7, 11) is -4.33. The average molecular weight is 646 g/mol. The van der Waals surface area contributed by atoms with Crippen molar-refractivity contribution in [2.45, 2.75) is 102 Å². The maximum Gasteiger partial charge on any atom is 0.410 e. The van der Waals surface area contributed by atoms with Gasteiger partial charge in [0, 0.05) is 30.9 Å². The molecule has 1 N–H and O–H groups in total. The maximum atomic E-state index is 14.3. The zero-order valence-electron chi connectivity index (χ0n) is 25.4. The first-order chi connectivity index (χ1) is 21.5. The summed E-state index contributed by atoms with van der Waals surface area (Å²) in [5.74, 6) is -2.48. The van der Waals surface area contributed by atoms with Gasteiger partial charge >= 0.3 is 16.4 Å². The number of ketones is 1. The highest BCUT2D eigenvalue weighted by molar-refractivity contribution is 7.85. The maximum absolute atomic E-state index is 14.3. The Hall–Kier alpha value is -3.32. The monoisotopic (exact) mass is 645 g/mol. The number of carbonyl (C=O) groups is 4. The van der Waals surface area contributed by atoms with E-state index in [-0.39, 0.29) is 56.0 Å². The number of amides is 3. The fraction of sp³-hybridized carbons (Fsp3) is 0.625. The van der Waals surface area contributed by atoms with Crippen LogP contribution in [0, 0.1) is 23.1 Å². The Labute approximate surface area is 262 Å². The van der Waals surface area contributed by atoms with E-state index in [9.17, 15) is 32.0 Å². The lowest BCUT2D eigenvalue weighted by molar-refractivity contribution is -0.141. The first kappa shape index (κ1) is 31.7. The highest BCUT2D eigenvalue weighted by Crippen LogP contribution is 2.57. The van der Waals surface area contributed by atoms with Crippen LogP contribution >= 0.6 is 0 Å². The lowest BCUT2D eigenvalue weighted by Crippen LogP contribution is -2.45. The predicted molar refractivity (Wildman–Crippen MR) is 159 cm³/mol. The third-order valence-electron chi connectivity index (χ3n) is 9.75. The van der Waals surface area contributed by atoms with Crippen LogP contribution in [0.5, 0.6) is 0 Å². The molecule has 0 spiro atoms. The molecule has 1 saturated heterocycles. The molecular weight excluding hydrogens is 605 g/mol. The van der Waals surface area contributed by atoms with Crippen molar-refractivity contribution < 1.29 is 40.9 Å². The average Bonchev–Trinajstić information content (AvgIpc) is 3.82. The Morgan fingerprint density at radius 2 is 1.87 bits per heavy atom. The molecule has 3 heterocycles. The fourth-order valence-electron chi connectivity index (χ4n) is 6.86. The summed E-state index contributed by atoms with van der Waals surface area (Å²) in [6.07, 6.45) is 7.36. The molecule has 244 valence electrons. The molecule has 0 radical (unpaired) electrons. The molecule has 2 saturated carbocycles. The van der Waals surface area contributed by atoms with Crippen LogP contribution in [0.4, 0.5) is 9.18 Å². The summed E-state index contributed by atoms with van der Waals surface area (Å²) in [5.41, 5.74) is -0.144. The lowest BCUT2D eigenvalue weighted by Gasteiger charge is -2.27. The minimum Gasteiger partial charge on any atom is -0.444 e. The Morgan fingerprint density at radius 3 is 2.62 bits per heavy atom. The number of allylic oxidation sites excluding steroid dienone is 2. The second-order valence-corrected chi connectivity index (χ2v) is 14.5. The summed E-state index contributed by atoms with van der Waals surface area (Å²) in [6.45, 7) is 2.11. The van der Waals surface area contributed by atoms with Crippen molar-refractivity contribution in [1.82, 2.24) is 14.5 Å². The Bertz CT molecular complexity index is 1510. The molecule has 3 fully saturated rings. The number of rotatable bonds is 5. The summed E-state index contributed by atoms with van der Waals surface area (Å²) < 4.78 is 52.1. The van der Waals surface area contributed by atoms with Crippen LogP contribution in [0.1, 0.15) is 82.3 Å². The molecule has 5 aliphatic rings. The van der Waals surface area contributed by atoms with Crippen LogP contribution in [0.2, 0.25) is 0 Å². The van der Waals surface area contributed by atoms with E-state index in [4.69, 9.17) is 8.92 Å². The number of nitrogens with zero attached hydrogens (tertiary/aromatic N) is 2. The van der Waals surface area contributed by atoms with E-state index in [0.717, 1.165) is 25.7 Å². The molecule has 1 aromatic carbocycles. The van der Waals surface area contributed by atoms with Gasteiger partial charge in [-0.1, -0.05) is 44.1 Å². The third-order valence-corrected chi connectivity index (χ3v) is 10.7. The number of ether oxygens (including phenoxy) is 1. The minimum absolute atomic E-state index is 0.0204. The Morgan fingerprint density at radius 1 is 1.07 bits per heavy atom. The number of halogens is 1.